The number of aryl methyl sites for hydroxylation is 1. The number of H-pyrrole nitrogens is 1. The number of halogens is 1. The molecule has 106 valence electrons. The zero-order chi connectivity index (χ0) is 14.9. The smallest absolute Gasteiger partial charge is 0.303 e. The third-order valence-corrected chi connectivity index (χ3v) is 4.14. The van der Waals surface area contributed by atoms with E-state index >= 15 is 0 Å². The van der Waals surface area contributed by atoms with Crippen LogP contribution in [0.15, 0.2) is 27.5 Å². The number of carboxylic acids is 1. The average molecular weight is 339 g/mol. The lowest BCUT2D eigenvalue weighted by atomic mass is 10.1. The van der Waals surface area contributed by atoms with Gasteiger partial charge in [0.05, 0.1) is 5.69 Å². The number of nitrogens with zero attached hydrogens (tertiary/aromatic N) is 1. The van der Waals surface area contributed by atoms with Gasteiger partial charge in [-0.15, -0.1) is 0 Å². The molecule has 0 radical (unpaired) electrons. The highest BCUT2D eigenvalue weighted by Gasteiger charge is 2.13. The predicted octanol–water partition coefficient (Wildman–Crippen LogP) is 2.56. The van der Waals surface area contributed by atoms with Crippen LogP contribution in [0.2, 0.25) is 0 Å². The molecule has 2 rings (SSSR count). The van der Waals surface area contributed by atoms with Gasteiger partial charge in [0.1, 0.15) is 0 Å². The van der Waals surface area contributed by atoms with E-state index in [9.17, 15) is 9.59 Å². The van der Waals surface area contributed by atoms with E-state index in [1.807, 2.05) is 32.0 Å². The first-order chi connectivity index (χ1) is 9.40. The maximum atomic E-state index is 11.9. The summed E-state index contributed by atoms with van der Waals surface area (Å²) in [6.45, 7) is 3.78. The molecular formula is C14H15BrN2O3. The van der Waals surface area contributed by atoms with Gasteiger partial charge in [-0.05, 0) is 44.0 Å². The zero-order valence-corrected chi connectivity index (χ0v) is 12.8. The van der Waals surface area contributed by atoms with Gasteiger partial charge in [0.15, 0.2) is 0 Å². The Morgan fingerprint density at radius 1 is 1.40 bits per heavy atom. The number of aliphatic carboxylic acids is 1. The second-order valence-electron chi connectivity index (χ2n) is 4.67. The Kier molecular flexibility index (Phi) is 4.13. The van der Waals surface area contributed by atoms with Gasteiger partial charge in [-0.25, -0.2) is 0 Å². The Balaban J connectivity index is 2.43. The molecule has 0 bridgehead atoms. The van der Waals surface area contributed by atoms with Crippen molar-refractivity contribution in [3.8, 4) is 5.69 Å². The molecule has 0 fully saturated rings. The standard InChI is InChI=1S/C14H15BrN2O3/c1-8-7-10(3-5-12(8)15)17-9(2)11(14(20)16-17)4-6-13(18)19/h3,5,7H,4,6H2,1-2H3,(H,16,20)(H,18,19). The molecule has 6 heteroatoms. The second kappa shape index (κ2) is 5.66. The minimum Gasteiger partial charge on any atom is -0.481 e. The van der Waals surface area contributed by atoms with Crippen molar-refractivity contribution in [2.24, 2.45) is 0 Å². The van der Waals surface area contributed by atoms with Crippen molar-refractivity contribution in [1.29, 1.82) is 0 Å². The maximum absolute atomic E-state index is 11.9. The van der Waals surface area contributed by atoms with E-state index in [0.717, 1.165) is 21.4 Å². The Bertz CT molecular complexity index is 716. The van der Waals surface area contributed by atoms with Crippen molar-refractivity contribution >= 4 is 21.9 Å². The van der Waals surface area contributed by atoms with Crippen LogP contribution in [0.25, 0.3) is 5.69 Å². The number of hydrogen-bond acceptors (Lipinski definition) is 2. The summed E-state index contributed by atoms with van der Waals surface area (Å²) in [6, 6.07) is 5.76. The number of aromatic nitrogens is 2. The van der Waals surface area contributed by atoms with Gasteiger partial charge >= 0.3 is 5.97 Å². The summed E-state index contributed by atoms with van der Waals surface area (Å²) in [7, 11) is 0. The topological polar surface area (TPSA) is 75.1 Å². The molecule has 5 nitrogen and oxygen atoms in total. The van der Waals surface area contributed by atoms with E-state index < -0.39 is 5.97 Å². The maximum Gasteiger partial charge on any atom is 0.303 e. The summed E-state index contributed by atoms with van der Waals surface area (Å²) < 4.78 is 2.69. The first-order valence-electron chi connectivity index (χ1n) is 6.19. The van der Waals surface area contributed by atoms with Crippen molar-refractivity contribution in [2.75, 3.05) is 0 Å². The van der Waals surface area contributed by atoms with E-state index in [-0.39, 0.29) is 18.4 Å². The summed E-state index contributed by atoms with van der Waals surface area (Å²) in [5, 5.41) is 11.5. The highest BCUT2D eigenvalue weighted by atomic mass is 79.9. The number of carboxylic acid groups (broad SMARTS) is 1. The minimum absolute atomic E-state index is 0.0483. The third-order valence-electron chi connectivity index (χ3n) is 3.25. The van der Waals surface area contributed by atoms with Gasteiger partial charge in [-0.1, -0.05) is 15.9 Å². The Morgan fingerprint density at radius 2 is 2.10 bits per heavy atom. The molecular weight excluding hydrogens is 324 g/mol. The van der Waals surface area contributed by atoms with Gasteiger partial charge in [-0.3, -0.25) is 19.4 Å². The highest BCUT2D eigenvalue weighted by molar-refractivity contribution is 9.10. The van der Waals surface area contributed by atoms with Crippen LogP contribution in [0, 0.1) is 13.8 Å². The fourth-order valence-electron chi connectivity index (χ4n) is 2.10. The molecule has 0 aliphatic rings. The number of aromatic amines is 1. The lowest BCUT2D eigenvalue weighted by molar-refractivity contribution is -0.136. The van der Waals surface area contributed by atoms with E-state index in [1.165, 1.54) is 0 Å². The van der Waals surface area contributed by atoms with Gasteiger partial charge < -0.3 is 5.11 Å². The minimum atomic E-state index is -0.906. The Hall–Kier alpha value is -1.82. The number of carbonyl (C=O) groups is 1. The monoisotopic (exact) mass is 338 g/mol. The van der Waals surface area contributed by atoms with Gasteiger partial charge in [0.25, 0.3) is 5.56 Å². The van der Waals surface area contributed by atoms with Crippen LogP contribution in [0.1, 0.15) is 23.2 Å². The summed E-state index contributed by atoms with van der Waals surface area (Å²) >= 11 is 3.43. The number of benzene rings is 1. The predicted molar refractivity (Wildman–Crippen MR) is 79.5 cm³/mol. The van der Waals surface area contributed by atoms with Crippen LogP contribution >= 0.6 is 15.9 Å². The molecule has 0 saturated carbocycles. The molecule has 0 spiro atoms. The molecule has 2 aromatic rings. The summed E-state index contributed by atoms with van der Waals surface area (Å²) in [4.78, 5) is 22.5. The number of hydrogen-bond donors (Lipinski definition) is 2. The van der Waals surface area contributed by atoms with Crippen molar-refractivity contribution in [3.63, 3.8) is 0 Å². The molecule has 1 aromatic heterocycles. The molecule has 0 aliphatic heterocycles. The van der Waals surface area contributed by atoms with E-state index in [1.54, 1.807) is 4.68 Å². The van der Waals surface area contributed by atoms with Crippen LogP contribution < -0.4 is 5.56 Å². The molecule has 0 unspecified atom stereocenters. The SMILES string of the molecule is Cc1cc(-n2[nH]c(=O)c(CCC(=O)O)c2C)ccc1Br. The number of rotatable bonds is 4. The van der Waals surface area contributed by atoms with Crippen LogP contribution in [0.3, 0.4) is 0 Å². The lowest BCUT2D eigenvalue weighted by Gasteiger charge is -2.08. The number of nitrogens with one attached hydrogen (secondary N) is 1. The van der Waals surface area contributed by atoms with E-state index in [2.05, 4.69) is 21.0 Å². The van der Waals surface area contributed by atoms with Gasteiger partial charge in [0, 0.05) is 22.2 Å². The van der Waals surface area contributed by atoms with Crippen LogP contribution in [-0.4, -0.2) is 20.9 Å². The fraction of sp³-hybridized carbons (Fsp3) is 0.286. The quantitative estimate of drug-likeness (QED) is 0.899. The van der Waals surface area contributed by atoms with Gasteiger partial charge in [-0.2, -0.15) is 0 Å². The van der Waals surface area contributed by atoms with E-state index in [4.69, 9.17) is 5.11 Å². The lowest BCUT2D eigenvalue weighted by Crippen LogP contribution is -2.09. The molecule has 0 atom stereocenters. The average Bonchev–Trinajstić information content (AvgIpc) is 2.66. The van der Waals surface area contributed by atoms with Crippen LogP contribution in [0.4, 0.5) is 0 Å². The van der Waals surface area contributed by atoms with Crippen LogP contribution in [-0.2, 0) is 11.2 Å². The molecule has 0 saturated heterocycles. The van der Waals surface area contributed by atoms with Crippen molar-refractivity contribution < 1.29 is 9.90 Å². The van der Waals surface area contributed by atoms with Crippen molar-refractivity contribution in [1.82, 2.24) is 9.78 Å². The Labute approximate surface area is 124 Å². The summed E-state index contributed by atoms with van der Waals surface area (Å²) in [5.41, 5.74) is 2.95. The van der Waals surface area contributed by atoms with Crippen molar-refractivity contribution in [2.45, 2.75) is 26.7 Å². The highest BCUT2D eigenvalue weighted by Crippen LogP contribution is 2.20. The summed E-state index contributed by atoms with van der Waals surface area (Å²) in [6.07, 6.45) is 0.187. The van der Waals surface area contributed by atoms with E-state index in [0.29, 0.717) is 5.56 Å². The molecule has 1 aromatic carbocycles. The zero-order valence-electron chi connectivity index (χ0n) is 11.2. The first-order valence-corrected chi connectivity index (χ1v) is 6.98. The molecule has 20 heavy (non-hydrogen) atoms. The molecule has 2 N–H and O–H groups in total. The second-order valence-corrected chi connectivity index (χ2v) is 5.52. The molecule has 1 heterocycles. The first kappa shape index (κ1) is 14.6. The molecule has 0 aliphatic carbocycles. The fourth-order valence-corrected chi connectivity index (χ4v) is 2.35. The van der Waals surface area contributed by atoms with Gasteiger partial charge in [0.2, 0.25) is 0 Å². The van der Waals surface area contributed by atoms with Crippen LogP contribution in [0.5, 0.6) is 0 Å². The molecule has 0 amide bonds. The normalized spacial score (nSPS) is 10.8. The largest absolute Gasteiger partial charge is 0.481 e. The van der Waals surface area contributed by atoms with Crippen molar-refractivity contribution in [3.05, 3.63) is 49.8 Å². The summed E-state index contributed by atoms with van der Waals surface area (Å²) in [5.74, 6) is -0.906. The third kappa shape index (κ3) is 2.85. The Morgan fingerprint density at radius 3 is 2.70 bits per heavy atom.